The molecular formula is C7H15N3. The van der Waals surface area contributed by atoms with Crippen molar-refractivity contribution < 1.29 is 1.43 Å². The molecule has 0 bridgehead atoms. The molecule has 1 rings (SSSR count). The fourth-order valence-electron chi connectivity index (χ4n) is 0.811. The molecule has 10 heavy (non-hydrogen) atoms. The van der Waals surface area contributed by atoms with Crippen molar-refractivity contribution in [1.29, 1.82) is 0 Å². The zero-order valence-corrected chi connectivity index (χ0v) is 6.46. The lowest BCUT2D eigenvalue weighted by Crippen LogP contribution is -2.11. The standard InChI is InChI=1S/C7H13N3.H2/c1-3-8-4-7-5-10(2)6-9-7;/h5-6,8H,3-4H2,1-2H3;1H. The molecule has 0 saturated carbocycles. The number of aryl methyl sites for hydroxylation is 1. The van der Waals surface area contributed by atoms with Crippen LogP contribution < -0.4 is 5.32 Å². The van der Waals surface area contributed by atoms with Crippen LogP contribution in [0.25, 0.3) is 0 Å². The van der Waals surface area contributed by atoms with Gasteiger partial charge in [-0.2, -0.15) is 0 Å². The summed E-state index contributed by atoms with van der Waals surface area (Å²) in [5.41, 5.74) is 1.10. The first-order valence-corrected chi connectivity index (χ1v) is 3.50. The van der Waals surface area contributed by atoms with Gasteiger partial charge in [0.25, 0.3) is 0 Å². The first kappa shape index (κ1) is 7.28. The highest BCUT2D eigenvalue weighted by atomic mass is 15.0. The van der Waals surface area contributed by atoms with Gasteiger partial charge in [-0.15, -0.1) is 0 Å². The Hall–Kier alpha value is -0.830. The second kappa shape index (κ2) is 3.37. The Morgan fingerprint density at radius 3 is 3.10 bits per heavy atom. The molecule has 0 spiro atoms. The van der Waals surface area contributed by atoms with E-state index in [1.165, 1.54) is 0 Å². The smallest absolute Gasteiger partial charge is 0.0947 e. The van der Waals surface area contributed by atoms with Gasteiger partial charge in [-0.3, -0.25) is 0 Å². The van der Waals surface area contributed by atoms with Crippen molar-refractivity contribution in [3.63, 3.8) is 0 Å². The zero-order valence-electron chi connectivity index (χ0n) is 6.46. The van der Waals surface area contributed by atoms with E-state index < -0.39 is 0 Å². The molecule has 0 atom stereocenters. The molecule has 0 aliphatic rings. The van der Waals surface area contributed by atoms with E-state index in [0.29, 0.717) is 0 Å². The molecule has 3 heteroatoms. The van der Waals surface area contributed by atoms with Crippen molar-refractivity contribution >= 4 is 0 Å². The summed E-state index contributed by atoms with van der Waals surface area (Å²) in [6.45, 7) is 3.96. The molecule has 1 aromatic heterocycles. The topological polar surface area (TPSA) is 29.9 Å². The highest BCUT2D eigenvalue weighted by Gasteiger charge is 1.92. The van der Waals surface area contributed by atoms with E-state index >= 15 is 0 Å². The van der Waals surface area contributed by atoms with E-state index in [0.717, 1.165) is 18.8 Å². The lowest BCUT2D eigenvalue weighted by atomic mass is 10.5. The Morgan fingerprint density at radius 2 is 2.60 bits per heavy atom. The highest BCUT2D eigenvalue weighted by molar-refractivity contribution is 4.94. The summed E-state index contributed by atoms with van der Waals surface area (Å²) in [5.74, 6) is 0. The molecule has 0 aromatic carbocycles. The Balaban J connectivity index is 0.000001000. The molecule has 0 unspecified atom stereocenters. The largest absolute Gasteiger partial charge is 0.340 e. The normalized spacial score (nSPS) is 10.2. The van der Waals surface area contributed by atoms with E-state index in [-0.39, 0.29) is 1.43 Å². The van der Waals surface area contributed by atoms with Gasteiger partial charge in [0, 0.05) is 21.2 Å². The SMILES string of the molecule is CCNCc1cn(C)cn1.[HH]. The van der Waals surface area contributed by atoms with Gasteiger partial charge in [-0.05, 0) is 6.54 Å². The molecule has 0 amide bonds. The number of nitrogens with zero attached hydrogens (tertiary/aromatic N) is 2. The average Bonchev–Trinajstić information content (AvgIpc) is 2.31. The van der Waals surface area contributed by atoms with E-state index in [1.807, 2.05) is 24.1 Å². The number of aromatic nitrogens is 2. The van der Waals surface area contributed by atoms with E-state index in [2.05, 4.69) is 17.2 Å². The van der Waals surface area contributed by atoms with E-state index in [1.54, 1.807) is 0 Å². The van der Waals surface area contributed by atoms with Gasteiger partial charge >= 0.3 is 0 Å². The van der Waals surface area contributed by atoms with Crippen LogP contribution in [0.4, 0.5) is 0 Å². The van der Waals surface area contributed by atoms with Gasteiger partial charge in [0.2, 0.25) is 0 Å². The quantitative estimate of drug-likeness (QED) is 0.674. The Kier molecular flexibility index (Phi) is 2.45. The third-order valence-electron chi connectivity index (χ3n) is 1.31. The second-order valence-corrected chi connectivity index (χ2v) is 2.31. The van der Waals surface area contributed by atoms with Crippen LogP contribution in [0.1, 0.15) is 14.0 Å². The van der Waals surface area contributed by atoms with E-state index in [9.17, 15) is 0 Å². The van der Waals surface area contributed by atoms with Crippen LogP contribution in [0.15, 0.2) is 12.5 Å². The number of hydrogen-bond donors (Lipinski definition) is 1. The summed E-state index contributed by atoms with van der Waals surface area (Å²) in [5, 5.41) is 3.20. The molecule has 58 valence electrons. The molecule has 0 aliphatic carbocycles. The summed E-state index contributed by atoms with van der Waals surface area (Å²) in [7, 11) is 1.97. The summed E-state index contributed by atoms with van der Waals surface area (Å²) in [6, 6.07) is 0. The number of rotatable bonds is 3. The maximum Gasteiger partial charge on any atom is 0.0947 e. The number of nitrogens with one attached hydrogen (secondary N) is 1. The zero-order chi connectivity index (χ0) is 7.40. The first-order valence-electron chi connectivity index (χ1n) is 3.50. The fourth-order valence-corrected chi connectivity index (χ4v) is 0.811. The predicted molar refractivity (Wildman–Crippen MR) is 42.7 cm³/mol. The maximum absolute atomic E-state index is 4.15. The lowest BCUT2D eigenvalue weighted by Gasteiger charge is -1.94. The summed E-state index contributed by atoms with van der Waals surface area (Å²) >= 11 is 0. The highest BCUT2D eigenvalue weighted by Crippen LogP contribution is 1.91. The first-order chi connectivity index (χ1) is 4.83. The van der Waals surface area contributed by atoms with Gasteiger partial charge in [0.1, 0.15) is 0 Å². The van der Waals surface area contributed by atoms with Crippen LogP contribution in [0.3, 0.4) is 0 Å². The molecule has 0 radical (unpaired) electrons. The molecule has 1 heterocycles. The van der Waals surface area contributed by atoms with Gasteiger partial charge < -0.3 is 9.88 Å². The van der Waals surface area contributed by atoms with E-state index in [4.69, 9.17) is 0 Å². The lowest BCUT2D eigenvalue weighted by molar-refractivity contribution is 0.713. The monoisotopic (exact) mass is 141 g/mol. The van der Waals surface area contributed by atoms with Crippen LogP contribution in [-0.4, -0.2) is 16.1 Å². The molecule has 3 nitrogen and oxygen atoms in total. The third-order valence-corrected chi connectivity index (χ3v) is 1.31. The minimum absolute atomic E-state index is 0. The molecule has 0 aliphatic heterocycles. The van der Waals surface area contributed by atoms with Gasteiger partial charge in [0.15, 0.2) is 0 Å². The Morgan fingerprint density at radius 1 is 1.80 bits per heavy atom. The van der Waals surface area contributed by atoms with Crippen molar-refractivity contribution in [3.05, 3.63) is 18.2 Å². The summed E-state index contributed by atoms with van der Waals surface area (Å²) in [4.78, 5) is 4.15. The number of imidazole rings is 1. The maximum atomic E-state index is 4.15. The Bertz CT molecular complexity index is 197. The summed E-state index contributed by atoms with van der Waals surface area (Å²) in [6.07, 6.45) is 3.83. The van der Waals surface area contributed by atoms with Gasteiger partial charge in [-0.25, -0.2) is 4.98 Å². The predicted octanol–water partition coefficient (Wildman–Crippen LogP) is 0.776. The molecule has 0 fully saturated rings. The minimum atomic E-state index is 0. The fraction of sp³-hybridized carbons (Fsp3) is 0.571. The summed E-state index contributed by atoms with van der Waals surface area (Å²) < 4.78 is 1.95. The second-order valence-electron chi connectivity index (χ2n) is 2.31. The molecule has 0 saturated heterocycles. The van der Waals surface area contributed by atoms with Crippen LogP contribution >= 0.6 is 0 Å². The third kappa shape index (κ3) is 1.84. The van der Waals surface area contributed by atoms with Crippen molar-refractivity contribution in [2.75, 3.05) is 6.54 Å². The van der Waals surface area contributed by atoms with Gasteiger partial charge in [-0.1, -0.05) is 6.92 Å². The molecule has 1 aromatic rings. The average molecular weight is 141 g/mol. The van der Waals surface area contributed by atoms with Crippen molar-refractivity contribution in [3.8, 4) is 0 Å². The Labute approximate surface area is 62.6 Å². The van der Waals surface area contributed by atoms with Crippen LogP contribution in [0, 0.1) is 0 Å². The van der Waals surface area contributed by atoms with Crippen molar-refractivity contribution in [2.24, 2.45) is 7.05 Å². The van der Waals surface area contributed by atoms with Crippen LogP contribution in [-0.2, 0) is 13.6 Å². The van der Waals surface area contributed by atoms with Crippen molar-refractivity contribution in [1.82, 2.24) is 14.9 Å². The van der Waals surface area contributed by atoms with Gasteiger partial charge in [0.05, 0.1) is 12.0 Å². The van der Waals surface area contributed by atoms with Crippen LogP contribution in [0.2, 0.25) is 0 Å². The molecular weight excluding hydrogens is 126 g/mol. The van der Waals surface area contributed by atoms with Crippen LogP contribution in [0.5, 0.6) is 0 Å². The molecule has 1 N–H and O–H groups in total. The minimum Gasteiger partial charge on any atom is -0.340 e. The van der Waals surface area contributed by atoms with Crippen molar-refractivity contribution in [2.45, 2.75) is 13.5 Å². The number of hydrogen-bond acceptors (Lipinski definition) is 2.